The van der Waals surface area contributed by atoms with Gasteiger partial charge < -0.3 is 10.6 Å². The van der Waals surface area contributed by atoms with E-state index in [1.807, 2.05) is 32.0 Å². The summed E-state index contributed by atoms with van der Waals surface area (Å²) in [5.74, 6) is 0.668. The normalized spacial score (nSPS) is 12.4. The molecule has 0 aliphatic heterocycles. The smallest absolute Gasteiger partial charge is 0.209 e. The van der Waals surface area contributed by atoms with Gasteiger partial charge in [0.05, 0.1) is 6.26 Å². The molecule has 6 nitrogen and oxygen atoms in total. The molecule has 0 saturated heterocycles. The number of nitrogens with zero attached hydrogens (tertiary/aromatic N) is 1. The van der Waals surface area contributed by atoms with Crippen LogP contribution in [-0.4, -0.2) is 46.3 Å². The summed E-state index contributed by atoms with van der Waals surface area (Å²) >= 11 is 0. The molecule has 1 rings (SSSR count). The number of aryl methyl sites for hydroxylation is 1. The maximum absolute atomic E-state index is 11.3. The zero-order chi connectivity index (χ0) is 17.3. The molecule has 8 heteroatoms. The van der Waals surface area contributed by atoms with Gasteiger partial charge in [0.15, 0.2) is 5.96 Å². The molecule has 0 aromatic heterocycles. The largest absolute Gasteiger partial charge is 0.356 e. The third kappa shape index (κ3) is 10.8. The molecule has 0 bridgehead atoms. The van der Waals surface area contributed by atoms with Gasteiger partial charge in [0.1, 0.15) is 0 Å². The van der Waals surface area contributed by atoms with Crippen molar-refractivity contribution < 1.29 is 8.42 Å². The molecule has 24 heavy (non-hydrogen) atoms. The lowest BCUT2D eigenvalue weighted by Gasteiger charge is -2.26. The van der Waals surface area contributed by atoms with Crippen LogP contribution in [0.15, 0.2) is 35.3 Å². The number of sulfonamides is 1. The fourth-order valence-corrected chi connectivity index (χ4v) is 3.28. The monoisotopic (exact) mass is 468 g/mol. The highest BCUT2D eigenvalue weighted by molar-refractivity contribution is 14.0. The fraction of sp³-hybridized carbons (Fsp3) is 0.562. The Labute approximate surface area is 163 Å². The molecule has 0 fully saturated rings. The lowest BCUT2D eigenvalue weighted by atomic mass is 10.1. The highest BCUT2D eigenvalue weighted by Crippen LogP contribution is 2.02. The van der Waals surface area contributed by atoms with Crippen LogP contribution in [0, 0.1) is 0 Å². The van der Waals surface area contributed by atoms with E-state index < -0.39 is 15.6 Å². The Morgan fingerprint density at radius 3 is 2.33 bits per heavy atom. The van der Waals surface area contributed by atoms with Gasteiger partial charge in [-0.25, -0.2) is 13.1 Å². The summed E-state index contributed by atoms with van der Waals surface area (Å²) in [7, 11) is -1.54. The second-order valence-electron chi connectivity index (χ2n) is 6.20. The van der Waals surface area contributed by atoms with Crippen LogP contribution < -0.4 is 15.4 Å². The maximum atomic E-state index is 11.3. The molecule has 0 saturated carbocycles. The number of benzene rings is 1. The summed E-state index contributed by atoms with van der Waals surface area (Å²) in [5.41, 5.74) is 0.727. The van der Waals surface area contributed by atoms with Crippen LogP contribution in [0.1, 0.15) is 25.8 Å². The molecule has 0 amide bonds. The average molecular weight is 468 g/mol. The molecule has 0 heterocycles. The molecule has 3 N–H and O–H groups in total. The first-order valence-corrected chi connectivity index (χ1v) is 9.58. The van der Waals surface area contributed by atoms with Gasteiger partial charge in [0.2, 0.25) is 10.0 Å². The highest BCUT2D eigenvalue weighted by Gasteiger charge is 2.22. The third-order valence-electron chi connectivity index (χ3n) is 3.16. The molecule has 0 unspecified atom stereocenters. The lowest BCUT2D eigenvalue weighted by molar-refractivity contribution is 0.446. The number of halogens is 1. The van der Waals surface area contributed by atoms with Gasteiger partial charge in [-0.2, -0.15) is 0 Å². The molecule has 0 aliphatic carbocycles. The van der Waals surface area contributed by atoms with Crippen molar-refractivity contribution in [3.63, 3.8) is 0 Å². The molecule has 138 valence electrons. The van der Waals surface area contributed by atoms with Gasteiger partial charge in [0.25, 0.3) is 0 Å². The van der Waals surface area contributed by atoms with E-state index in [1.54, 1.807) is 7.05 Å². The Kier molecular flexibility index (Phi) is 10.5. The number of guanidine groups is 1. The van der Waals surface area contributed by atoms with Crippen molar-refractivity contribution in [1.82, 2.24) is 15.4 Å². The first-order chi connectivity index (χ1) is 10.7. The molecular formula is C16H29IN4O2S. The van der Waals surface area contributed by atoms with Crippen molar-refractivity contribution in [1.29, 1.82) is 0 Å². The molecule has 0 spiro atoms. The van der Waals surface area contributed by atoms with Crippen molar-refractivity contribution in [2.24, 2.45) is 4.99 Å². The summed E-state index contributed by atoms with van der Waals surface area (Å²) in [6, 6.07) is 10.3. The number of rotatable bonds is 8. The Morgan fingerprint density at radius 2 is 1.79 bits per heavy atom. The third-order valence-corrected chi connectivity index (χ3v) is 4.08. The minimum absolute atomic E-state index is 0. The second-order valence-corrected chi connectivity index (χ2v) is 7.95. The molecule has 0 radical (unpaired) electrons. The topological polar surface area (TPSA) is 82.6 Å². The second kappa shape index (κ2) is 10.9. The van der Waals surface area contributed by atoms with Crippen LogP contribution in [0.25, 0.3) is 0 Å². The zero-order valence-electron chi connectivity index (χ0n) is 14.8. The van der Waals surface area contributed by atoms with E-state index in [9.17, 15) is 8.42 Å². The number of hydrogen-bond donors (Lipinski definition) is 3. The van der Waals surface area contributed by atoms with Gasteiger partial charge in [-0.3, -0.25) is 4.99 Å². The minimum atomic E-state index is -3.24. The quantitative estimate of drug-likeness (QED) is 0.235. The maximum Gasteiger partial charge on any atom is 0.209 e. The van der Waals surface area contributed by atoms with Gasteiger partial charge in [-0.05, 0) is 32.3 Å². The van der Waals surface area contributed by atoms with Crippen molar-refractivity contribution in [3.8, 4) is 0 Å². The van der Waals surface area contributed by atoms with E-state index >= 15 is 0 Å². The van der Waals surface area contributed by atoms with Crippen molar-refractivity contribution in [3.05, 3.63) is 35.9 Å². The van der Waals surface area contributed by atoms with Crippen molar-refractivity contribution in [2.75, 3.05) is 26.4 Å². The summed E-state index contributed by atoms with van der Waals surface area (Å²) in [4.78, 5) is 4.15. The van der Waals surface area contributed by atoms with E-state index in [-0.39, 0.29) is 24.0 Å². The minimum Gasteiger partial charge on any atom is -0.356 e. The number of aliphatic imine (C=N–C) groups is 1. The Balaban J connectivity index is 0.00000529. The average Bonchev–Trinajstić information content (AvgIpc) is 2.45. The van der Waals surface area contributed by atoms with E-state index in [4.69, 9.17) is 0 Å². The first-order valence-electron chi connectivity index (χ1n) is 7.69. The van der Waals surface area contributed by atoms with E-state index in [0.717, 1.165) is 25.6 Å². The Bertz CT molecular complexity index is 604. The van der Waals surface area contributed by atoms with Gasteiger partial charge in [-0.15, -0.1) is 24.0 Å². The van der Waals surface area contributed by atoms with Gasteiger partial charge in [-0.1, -0.05) is 30.3 Å². The van der Waals surface area contributed by atoms with Crippen LogP contribution >= 0.6 is 24.0 Å². The summed E-state index contributed by atoms with van der Waals surface area (Å²) in [6.07, 6.45) is 3.16. The SMILES string of the molecule is CN=C(NCCCc1ccccc1)NCC(C)(C)NS(C)(=O)=O.I. The van der Waals surface area contributed by atoms with Crippen LogP contribution in [-0.2, 0) is 16.4 Å². The predicted molar refractivity (Wildman–Crippen MR) is 112 cm³/mol. The van der Waals surface area contributed by atoms with Crippen LogP contribution in [0.4, 0.5) is 0 Å². The number of nitrogens with one attached hydrogen (secondary N) is 3. The van der Waals surface area contributed by atoms with Crippen molar-refractivity contribution >= 4 is 40.0 Å². The van der Waals surface area contributed by atoms with Crippen LogP contribution in [0.3, 0.4) is 0 Å². The van der Waals surface area contributed by atoms with Crippen LogP contribution in [0.5, 0.6) is 0 Å². The molecule has 1 aromatic rings. The molecular weight excluding hydrogens is 439 g/mol. The summed E-state index contributed by atoms with van der Waals surface area (Å²) in [5, 5.41) is 6.38. The molecule has 0 aliphatic rings. The van der Waals surface area contributed by atoms with E-state index in [1.165, 1.54) is 5.56 Å². The lowest BCUT2D eigenvalue weighted by Crippen LogP contribution is -2.53. The van der Waals surface area contributed by atoms with Crippen LogP contribution in [0.2, 0.25) is 0 Å². The van der Waals surface area contributed by atoms with E-state index in [2.05, 4.69) is 32.5 Å². The van der Waals surface area contributed by atoms with Crippen molar-refractivity contribution in [2.45, 2.75) is 32.2 Å². The fourth-order valence-electron chi connectivity index (χ4n) is 2.21. The first kappa shape index (κ1) is 23.1. The van der Waals surface area contributed by atoms with Gasteiger partial charge >= 0.3 is 0 Å². The predicted octanol–water partition coefficient (Wildman–Crippen LogP) is 1.73. The number of hydrogen-bond acceptors (Lipinski definition) is 3. The highest BCUT2D eigenvalue weighted by atomic mass is 127. The summed E-state index contributed by atoms with van der Waals surface area (Å²) in [6.45, 7) is 4.89. The molecule has 1 aromatic carbocycles. The van der Waals surface area contributed by atoms with E-state index in [0.29, 0.717) is 12.5 Å². The summed E-state index contributed by atoms with van der Waals surface area (Å²) < 4.78 is 25.2. The zero-order valence-corrected chi connectivity index (χ0v) is 17.9. The van der Waals surface area contributed by atoms with Gasteiger partial charge in [0, 0.05) is 25.7 Å². The Hall–Kier alpha value is -0.870. The standard InChI is InChI=1S/C16H28N4O2S.HI/c1-16(2,20-23(4,21)22)13-19-15(17-3)18-12-8-11-14-9-6-5-7-10-14;/h5-7,9-10,20H,8,11-13H2,1-4H3,(H2,17,18,19);1H. The Morgan fingerprint density at radius 1 is 1.17 bits per heavy atom. The molecule has 0 atom stereocenters.